The molecule has 2 aromatic rings. The lowest BCUT2D eigenvalue weighted by atomic mass is 9.77. The lowest BCUT2D eigenvalue weighted by molar-refractivity contribution is 0.0981. The molecule has 0 aliphatic heterocycles. The molecule has 112 valence electrons. The highest BCUT2D eigenvalue weighted by atomic mass is 19.1. The Labute approximate surface area is 122 Å². The lowest BCUT2D eigenvalue weighted by Crippen LogP contribution is -2.35. The van der Waals surface area contributed by atoms with E-state index in [9.17, 15) is 18.3 Å². The molecule has 0 aliphatic carbocycles. The van der Waals surface area contributed by atoms with Crippen molar-refractivity contribution in [2.24, 2.45) is 0 Å². The van der Waals surface area contributed by atoms with Crippen molar-refractivity contribution in [3.63, 3.8) is 0 Å². The van der Waals surface area contributed by atoms with Crippen LogP contribution in [0, 0.1) is 17.5 Å². The topological polar surface area (TPSA) is 20.2 Å². The molecule has 1 N–H and O–H groups in total. The molecule has 1 nitrogen and oxygen atoms in total. The van der Waals surface area contributed by atoms with Crippen molar-refractivity contribution in [2.75, 3.05) is 0 Å². The van der Waals surface area contributed by atoms with E-state index in [1.807, 2.05) is 0 Å². The Morgan fingerprint density at radius 2 is 1.48 bits per heavy atom. The molecule has 0 fully saturated rings. The molecule has 0 spiro atoms. The number of aliphatic hydroxyl groups excluding tert-OH is 1. The van der Waals surface area contributed by atoms with Gasteiger partial charge in [0, 0.05) is 17.4 Å². The number of aliphatic hydroxyl groups is 1. The molecular weight excluding hydrogens is 277 g/mol. The number of hydrogen-bond acceptors (Lipinski definition) is 1. The average Bonchev–Trinajstić information content (AvgIpc) is 2.43. The van der Waals surface area contributed by atoms with Crippen LogP contribution in [0.25, 0.3) is 0 Å². The maximum absolute atomic E-state index is 13.7. The zero-order valence-corrected chi connectivity index (χ0v) is 11.9. The molecule has 0 radical (unpaired) electrons. The first-order valence-corrected chi connectivity index (χ1v) is 6.69. The van der Waals surface area contributed by atoms with Gasteiger partial charge in [0.25, 0.3) is 0 Å². The number of rotatable bonds is 4. The standard InChI is InChI=1S/C17H17F3O/c1-17(2,11-6-8-12(18)9-7-11)16(21)10-13-14(19)4-3-5-15(13)20/h3-9,16,21H,10H2,1-2H3. The summed E-state index contributed by atoms with van der Waals surface area (Å²) in [6.45, 7) is 3.51. The molecule has 0 heterocycles. The van der Waals surface area contributed by atoms with Gasteiger partial charge in [-0.1, -0.05) is 32.0 Å². The van der Waals surface area contributed by atoms with Crippen molar-refractivity contribution >= 4 is 0 Å². The van der Waals surface area contributed by atoms with Gasteiger partial charge >= 0.3 is 0 Å². The van der Waals surface area contributed by atoms with Gasteiger partial charge in [-0.25, -0.2) is 13.2 Å². The monoisotopic (exact) mass is 294 g/mol. The lowest BCUT2D eigenvalue weighted by Gasteiger charge is -2.31. The second-order valence-corrected chi connectivity index (χ2v) is 5.65. The highest BCUT2D eigenvalue weighted by molar-refractivity contribution is 5.28. The highest BCUT2D eigenvalue weighted by Crippen LogP contribution is 2.30. The van der Waals surface area contributed by atoms with Crippen molar-refractivity contribution < 1.29 is 18.3 Å². The summed E-state index contributed by atoms with van der Waals surface area (Å²) in [5, 5.41) is 10.4. The van der Waals surface area contributed by atoms with Gasteiger partial charge in [0.15, 0.2) is 0 Å². The molecule has 21 heavy (non-hydrogen) atoms. The average molecular weight is 294 g/mol. The van der Waals surface area contributed by atoms with Crippen molar-refractivity contribution in [3.05, 3.63) is 71.0 Å². The summed E-state index contributed by atoms with van der Waals surface area (Å²) in [7, 11) is 0. The summed E-state index contributed by atoms with van der Waals surface area (Å²) in [4.78, 5) is 0. The van der Waals surface area contributed by atoms with Crippen molar-refractivity contribution in [2.45, 2.75) is 31.8 Å². The van der Waals surface area contributed by atoms with E-state index in [2.05, 4.69) is 0 Å². The van der Waals surface area contributed by atoms with Crippen LogP contribution in [-0.2, 0) is 11.8 Å². The van der Waals surface area contributed by atoms with Gasteiger partial charge in [0.2, 0.25) is 0 Å². The summed E-state index contributed by atoms with van der Waals surface area (Å²) in [5.41, 5.74) is -0.198. The van der Waals surface area contributed by atoms with E-state index in [1.54, 1.807) is 26.0 Å². The van der Waals surface area contributed by atoms with Crippen LogP contribution in [-0.4, -0.2) is 11.2 Å². The number of hydrogen-bond donors (Lipinski definition) is 1. The quantitative estimate of drug-likeness (QED) is 0.904. The van der Waals surface area contributed by atoms with Gasteiger partial charge in [0.05, 0.1) is 6.10 Å². The first-order valence-electron chi connectivity index (χ1n) is 6.69. The van der Waals surface area contributed by atoms with E-state index < -0.39 is 23.2 Å². The molecule has 2 rings (SSSR count). The van der Waals surface area contributed by atoms with Gasteiger partial charge in [-0.2, -0.15) is 0 Å². The Bertz CT molecular complexity index is 600. The minimum absolute atomic E-state index is 0.139. The van der Waals surface area contributed by atoms with Crippen LogP contribution in [0.4, 0.5) is 13.2 Å². The fourth-order valence-electron chi connectivity index (χ4n) is 2.25. The molecular formula is C17H17F3O. The largest absolute Gasteiger partial charge is 0.392 e. The third-order valence-electron chi connectivity index (χ3n) is 3.88. The molecule has 2 aromatic carbocycles. The van der Waals surface area contributed by atoms with E-state index in [1.165, 1.54) is 18.2 Å². The van der Waals surface area contributed by atoms with Crippen LogP contribution < -0.4 is 0 Å². The van der Waals surface area contributed by atoms with Gasteiger partial charge in [-0.15, -0.1) is 0 Å². The van der Waals surface area contributed by atoms with E-state index >= 15 is 0 Å². The van der Waals surface area contributed by atoms with E-state index in [0.29, 0.717) is 5.56 Å². The molecule has 0 saturated heterocycles. The molecule has 1 unspecified atom stereocenters. The molecule has 0 aromatic heterocycles. The van der Waals surface area contributed by atoms with Gasteiger partial charge < -0.3 is 5.11 Å². The van der Waals surface area contributed by atoms with Crippen LogP contribution in [0.2, 0.25) is 0 Å². The Morgan fingerprint density at radius 3 is 2.00 bits per heavy atom. The summed E-state index contributed by atoms with van der Waals surface area (Å²) in [6, 6.07) is 9.34. The van der Waals surface area contributed by atoms with Crippen molar-refractivity contribution in [1.82, 2.24) is 0 Å². The SMILES string of the molecule is CC(C)(c1ccc(F)cc1)C(O)Cc1c(F)cccc1F. The van der Waals surface area contributed by atoms with Gasteiger partial charge in [0.1, 0.15) is 17.5 Å². The predicted molar refractivity (Wildman–Crippen MR) is 75.5 cm³/mol. The third kappa shape index (κ3) is 3.27. The van der Waals surface area contributed by atoms with Crippen LogP contribution in [0.15, 0.2) is 42.5 Å². The van der Waals surface area contributed by atoms with Crippen molar-refractivity contribution in [3.8, 4) is 0 Å². The Hall–Kier alpha value is -1.81. The molecule has 4 heteroatoms. The summed E-state index contributed by atoms with van der Waals surface area (Å²) in [6.07, 6.45) is -1.16. The molecule has 0 saturated carbocycles. The molecule has 1 atom stereocenters. The van der Waals surface area contributed by atoms with Gasteiger partial charge in [-0.3, -0.25) is 0 Å². The summed E-state index contributed by atoms with van der Waals surface area (Å²) >= 11 is 0. The third-order valence-corrected chi connectivity index (χ3v) is 3.88. The smallest absolute Gasteiger partial charge is 0.129 e. The minimum atomic E-state index is -1.01. The molecule has 0 aliphatic rings. The highest BCUT2D eigenvalue weighted by Gasteiger charge is 2.31. The Balaban J connectivity index is 2.26. The van der Waals surface area contributed by atoms with Crippen LogP contribution in [0.1, 0.15) is 25.0 Å². The second-order valence-electron chi connectivity index (χ2n) is 5.65. The fraction of sp³-hybridized carbons (Fsp3) is 0.294. The zero-order valence-electron chi connectivity index (χ0n) is 11.9. The zero-order chi connectivity index (χ0) is 15.6. The maximum Gasteiger partial charge on any atom is 0.129 e. The number of halogens is 3. The molecule has 0 bridgehead atoms. The minimum Gasteiger partial charge on any atom is -0.392 e. The van der Waals surface area contributed by atoms with E-state index in [4.69, 9.17) is 0 Å². The number of benzene rings is 2. The van der Waals surface area contributed by atoms with E-state index in [0.717, 1.165) is 12.1 Å². The van der Waals surface area contributed by atoms with Gasteiger partial charge in [-0.05, 0) is 29.8 Å². The maximum atomic E-state index is 13.7. The summed E-state index contributed by atoms with van der Waals surface area (Å²) in [5.74, 6) is -1.72. The van der Waals surface area contributed by atoms with Crippen molar-refractivity contribution in [1.29, 1.82) is 0 Å². The van der Waals surface area contributed by atoms with Crippen LogP contribution >= 0.6 is 0 Å². The van der Waals surface area contributed by atoms with Crippen LogP contribution in [0.5, 0.6) is 0 Å². The first-order chi connectivity index (χ1) is 9.82. The second kappa shape index (κ2) is 5.90. The first kappa shape index (κ1) is 15.6. The Morgan fingerprint density at radius 1 is 0.952 bits per heavy atom. The molecule has 0 amide bonds. The normalized spacial score (nSPS) is 13.2. The summed E-state index contributed by atoms with van der Waals surface area (Å²) < 4.78 is 40.3. The van der Waals surface area contributed by atoms with Crippen LogP contribution in [0.3, 0.4) is 0 Å². The fourth-order valence-corrected chi connectivity index (χ4v) is 2.25. The predicted octanol–water partition coefficient (Wildman–Crippen LogP) is 3.99. The van der Waals surface area contributed by atoms with E-state index in [-0.39, 0.29) is 17.8 Å². The Kier molecular flexibility index (Phi) is 4.37.